The fourth-order valence-electron chi connectivity index (χ4n) is 3.92. The molecule has 2 heterocycles. The van der Waals surface area contributed by atoms with Crippen LogP contribution in [0, 0.1) is 5.92 Å². The molecule has 1 N–H and O–H groups in total. The number of imidazole rings is 1. The molecule has 24 heavy (non-hydrogen) atoms. The van der Waals surface area contributed by atoms with Gasteiger partial charge in [-0.05, 0) is 30.4 Å². The van der Waals surface area contributed by atoms with Crippen LogP contribution in [0.1, 0.15) is 43.7 Å². The molecule has 1 aliphatic heterocycles. The molecule has 126 valence electrons. The first-order valence-electron chi connectivity index (χ1n) is 8.59. The van der Waals surface area contributed by atoms with Gasteiger partial charge >= 0.3 is 5.69 Å². The van der Waals surface area contributed by atoms with Gasteiger partial charge in [-0.2, -0.15) is 0 Å². The molecular formula is C18H21N3O3. The third-order valence-corrected chi connectivity index (χ3v) is 5.44. The number of hydrogen-bond acceptors (Lipinski definition) is 3. The molecule has 1 unspecified atom stereocenters. The summed E-state index contributed by atoms with van der Waals surface area (Å²) in [6.07, 6.45) is 5.40. The summed E-state index contributed by atoms with van der Waals surface area (Å²) >= 11 is 0. The van der Waals surface area contributed by atoms with E-state index in [9.17, 15) is 14.4 Å². The summed E-state index contributed by atoms with van der Waals surface area (Å²) in [6.45, 7) is 0. The molecule has 4 rings (SSSR count). The van der Waals surface area contributed by atoms with Crippen molar-refractivity contribution in [2.24, 2.45) is 13.0 Å². The number of nitrogens with zero attached hydrogens (tertiary/aromatic N) is 2. The van der Waals surface area contributed by atoms with Crippen LogP contribution in [0.15, 0.2) is 23.0 Å². The maximum absolute atomic E-state index is 12.8. The Balaban J connectivity index is 1.83. The Labute approximate surface area is 139 Å². The summed E-state index contributed by atoms with van der Waals surface area (Å²) in [5.41, 5.74) is 2.68. The first-order valence-corrected chi connectivity index (χ1v) is 8.59. The molecule has 6 heteroatoms. The fourth-order valence-corrected chi connectivity index (χ4v) is 3.92. The molecule has 2 aromatic rings. The molecule has 2 fully saturated rings. The van der Waals surface area contributed by atoms with Crippen molar-refractivity contribution in [1.82, 2.24) is 14.5 Å². The number of hydrogen-bond donors (Lipinski definition) is 1. The van der Waals surface area contributed by atoms with E-state index in [1.807, 2.05) is 12.1 Å². The molecule has 2 aliphatic rings. The predicted octanol–water partition coefficient (Wildman–Crippen LogP) is 1.66. The Morgan fingerprint density at radius 2 is 1.96 bits per heavy atom. The summed E-state index contributed by atoms with van der Waals surface area (Å²) in [4.78, 5) is 36.4. The molecule has 1 aromatic carbocycles. The molecular weight excluding hydrogens is 306 g/mol. The standard InChI is InChI=1S/C18H21N3O3/c1-20-16-12(10-11-4-2-5-11)6-3-7-13(16)21(18(20)24)14-8-9-15(22)19-17(14)23/h3,6-7,11,14H,2,4-5,8-10H2,1H3,(H,19,22,23). The van der Waals surface area contributed by atoms with Gasteiger partial charge in [-0.1, -0.05) is 31.4 Å². The van der Waals surface area contributed by atoms with Crippen LogP contribution < -0.4 is 11.0 Å². The van der Waals surface area contributed by atoms with Crippen molar-refractivity contribution in [2.75, 3.05) is 0 Å². The van der Waals surface area contributed by atoms with E-state index < -0.39 is 6.04 Å². The number of piperidine rings is 1. The number of carbonyl (C=O) groups is 2. The average molecular weight is 327 g/mol. The van der Waals surface area contributed by atoms with E-state index in [-0.39, 0.29) is 23.9 Å². The van der Waals surface area contributed by atoms with Crippen LogP contribution >= 0.6 is 0 Å². The van der Waals surface area contributed by atoms with Crippen molar-refractivity contribution in [3.05, 3.63) is 34.2 Å². The minimum atomic E-state index is -0.613. The van der Waals surface area contributed by atoms with Gasteiger partial charge in [-0.25, -0.2) is 4.79 Å². The molecule has 0 spiro atoms. The van der Waals surface area contributed by atoms with E-state index >= 15 is 0 Å². The van der Waals surface area contributed by atoms with Gasteiger partial charge in [0.2, 0.25) is 11.8 Å². The number of benzene rings is 1. The van der Waals surface area contributed by atoms with Crippen molar-refractivity contribution >= 4 is 22.8 Å². The second-order valence-electron chi connectivity index (χ2n) is 6.96. The molecule has 1 saturated heterocycles. The molecule has 1 aliphatic carbocycles. The number of imide groups is 1. The first-order chi connectivity index (χ1) is 11.6. The van der Waals surface area contributed by atoms with Crippen LogP contribution in [0.3, 0.4) is 0 Å². The predicted molar refractivity (Wildman–Crippen MR) is 89.6 cm³/mol. The fraction of sp³-hybridized carbons (Fsp3) is 0.500. The van der Waals surface area contributed by atoms with Crippen molar-refractivity contribution in [2.45, 2.75) is 44.6 Å². The number of rotatable bonds is 3. The Hall–Kier alpha value is -2.37. The average Bonchev–Trinajstić information content (AvgIpc) is 2.76. The number of fused-ring (bicyclic) bond motifs is 1. The Kier molecular flexibility index (Phi) is 3.55. The molecule has 6 nitrogen and oxygen atoms in total. The van der Waals surface area contributed by atoms with Crippen LogP contribution in [0.2, 0.25) is 0 Å². The van der Waals surface area contributed by atoms with Crippen LogP contribution in [0.4, 0.5) is 0 Å². The van der Waals surface area contributed by atoms with Crippen LogP contribution in [-0.4, -0.2) is 20.9 Å². The van der Waals surface area contributed by atoms with Crippen LogP contribution in [0.25, 0.3) is 11.0 Å². The molecule has 0 bridgehead atoms. The largest absolute Gasteiger partial charge is 0.329 e. The Morgan fingerprint density at radius 3 is 2.62 bits per heavy atom. The lowest BCUT2D eigenvalue weighted by molar-refractivity contribution is -0.135. The highest BCUT2D eigenvalue weighted by atomic mass is 16.2. The maximum atomic E-state index is 12.8. The third-order valence-electron chi connectivity index (χ3n) is 5.44. The topological polar surface area (TPSA) is 73.1 Å². The van der Waals surface area contributed by atoms with E-state index in [1.165, 1.54) is 24.8 Å². The summed E-state index contributed by atoms with van der Waals surface area (Å²) in [7, 11) is 1.76. The number of para-hydroxylation sites is 1. The van der Waals surface area contributed by atoms with Gasteiger partial charge in [0, 0.05) is 13.5 Å². The lowest BCUT2D eigenvalue weighted by Crippen LogP contribution is -2.44. The monoisotopic (exact) mass is 327 g/mol. The lowest BCUT2D eigenvalue weighted by Gasteiger charge is -2.25. The SMILES string of the molecule is Cn1c(=O)n(C2CCC(=O)NC2=O)c2cccc(CC3CCC3)c21. The van der Waals surface area contributed by atoms with Gasteiger partial charge in [0.05, 0.1) is 11.0 Å². The van der Waals surface area contributed by atoms with Crippen molar-refractivity contribution in [1.29, 1.82) is 0 Å². The van der Waals surface area contributed by atoms with Gasteiger partial charge in [0.15, 0.2) is 0 Å². The highest BCUT2D eigenvalue weighted by molar-refractivity contribution is 6.00. The molecule has 1 saturated carbocycles. The molecule has 1 aromatic heterocycles. The minimum absolute atomic E-state index is 0.194. The van der Waals surface area contributed by atoms with Gasteiger partial charge in [-0.3, -0.25) is 24.0 Å². The number of amides is 2. The van der Waals surface area contributed by atoms with Gasteiger partial charge < -0.3 is 0 Å². The summed E-state index contributed by atoms with van der Waals surface area (Å²) in [5.74, 6) is 0.0464. The van der Waals surface area contributed by atoms with E-state index in [1.54, 1.807) is 16.2 Å². The quantitative estimate of drug-likeness (QED) is 0.872. The second-order valence-corrected chi connectivity index (χ2v) is 6.96. The number of nitrogens with one attached hydrogen (secondary N) is 1. The van der Waals surface area contributed by atoms with Crippen LogP contribution in [0.5, 0.6) is 0 Å². The summed E-state index contributed by atoms with van der Waals surface area (Å²) in [6, 6.07) is 5.32. The maximum Gasteiger partial charge on any atom is 0.329 e. The van der Waals surface area contributed by atoms with Crippen LogP contribution in [-0.2, 0) is 23.1 Å². The zero-order chi connectivity index (χ0) is 16.8. The molecule has 0 radical (unpaired) electrons. The summed E-state index contributed by atoms with van der Waals surface area (Å²) < 4.78 is 3.20. The zero-order valence-electron chi connectivity index (χ0n) is 13.7. The number of carbonyl (C=O) groups excluding carboxylic acids is 2. The number of aromatic nitrogens is 2. The molecule has 2 amide bonds. The minimum Gasteiger partial charge on any atom is -0.295 e. The second kappa shape index (κ2) is 5.61. The highest BCUT2D eigenvalue weighted by Gasteiger charge is 2.31. The van der Waals surface area contributed by atoms with Gasteiger partial charge in [-0.15, -0.1) is 0 Å². The summed E-state index contributed by atoms with van der Waals surface area (Å²) in [5, 5.41) is 2.35. The molecule has 1 atom stereocenters. The number of aryl methyl sites for hydroxylation is 1. The van der Waals surface area contributed by atoms with Crippen molar-refractivity contribution in [3.63, 3.8) is 0 Å². The zero-order valence-corrected chi connectivity index (χ0v) is 13.7. The third kappa shape index (κ3) is 2.28. The van der Waals surface area contributed by atoms with Crippen molar-refractivity contribution in [3.8, 4) is 0 Å². The first kappa shape index (κ1) is 15.2. The lowest BCUT2D eigenvalue weighted by atomic mass is 9.81. The van der Waals surface area contributed by atoms with Gasteiger partial charge in [0.25, 0.3) is 0 Å². The highest BCUT2D eigenvalue weighted by Crippen LogP contribution is 2.32. The normalized spacial score (nSPS) is 21.8. The van der Waals surface area contributed by atoms with Gasteiger partial charge in [0.1, 0.15) is 6.04 Å². The van der Waals surface area contributed by atoms with E-state index in [0.717, 1.165) is 17.5 Å². The Bertz CT molecular complexity index is 889. The van der Waals surface area contributed by atoms with Crippen molar-refractivity contribution < 1.29 is 9.59 Å². The smallest absolute Gasteiger partial charge is 0.295 e. The Morgan fingerprint density at radius 1 is 1.17 bits per heavy atom. The van der Waals surface area contributed by atoms with E-state index in [2.05, 4.69) is 11.4 Å². The van der Waals surface area contributed by atoms with E-state index in [4.69, 9.17) is 0 Å². The van der Waals surface area contributed by atoms with E-state index in [0.29, 0.717) is 12.3 Å².